The SMILES string of the molecule is Cc1noc(C)c1CNc1cccc(-c2nncn2C)c1. The summed E-state index contributed by atoms with van der Waals surface area (Å²) in [4.78, 5) is 0. The molecule has 0 aliphatic carbocycles. The van der Waals surface area contributed by atoms with Crippen molar-refractivity contribution in [1.29, 1.82) is 0 Å². The number of rotatable bonds is 4. The highest BCUT2D eigenvalue weighted by Crippen LogP contribution is 2.21. The maximum Gasteiger partial charge on any atom is 0.163 e. The molecule has 0 amide bonds. The third-order valence-electron chi connectivity index (χ3n) is 3.48. The van der Waals surface area contributed by atoms with Crippen molar-refractivity contribution in [2.75, 3.05) is 5.32 Å². The zero-order valence-electron chi connectivity index (χ0n) is 12.3. The Morgan fingerprint density at radius 1 is 1.29 bits per heavy atom. The van der Waals surface area contributed by atoms with Gasteiger partial charge < -0.3 is 14.4 Å². The first-order valence-electron chi connectivity index (χ1n) is 6.75. The van der Waals surface area contributed by atoms with Crippen LogP contribution in [0.4, 0.5) is 5.69 Å². The van der Waals surface area contributed by atoms with Gasteiger partial charge in [-0.25, -0.2) is 0 Å². The van der Waals surface area contributed by atoms with E-state index in [9.17, 15) is 0 Å². The number of aromatic nitrogens is 4. The zero-order valence-corrected chi connectivity index (χ0v) is 12.3. The molecule has 3 aromatic rings. The Bertz CT molecular complexity index is 740. The van der Waals surface area contributed by atoms with E-state index in [2.05, 4.69) is 26.7 Å². The smallest absolute Gasteiger partial charge is 0.163 e. The Labute approximate surface area is 122 Å². The van der Waals surface area contributed by atoms with Gasteiger partial charge in [0, 0.05) is 30.4 Å². The van der Waals surface area contributed by atoms with Crippen LogP contribution >= 0.6 is 0 Å². The lowest BCUT2D eigenvalue weighted by Crippen LogP contribution is -2.01. The van der Waals surface area contributed by atoms with Gasteiger partial charge >= 0.3 is 0 Å². The fraction of sp³-hybridized carbons (Fsp3) is 0.267. The first-order valence-corrected chi connectivity index (χ1v) is 6.75. The van der Waals surface area contributed by atoms with E-state index >= 15 is 0 Å². The van der Waals surface area contributed by atoms with Crippen LogP contribution in [0.2, 0.25) is 0 Å². The van der Waals surface area contributed by atoms with Crippen molar-refractivity contribution >= 4 is 5.69 Å². The summed E-state index contributed by atoms with van der Waals surface area (Å²) in [5.74, 6) is 1.69. The number of aryl methyl sites for hydroxylation is 3. The molecular formula is C15H17N5O. The lowest BCUT2D eigenvalue weighted by molar-refractivity contribution is 0.392. The summed E-state index contributed by atoms with van der Waals surface area (Å²) in [7, 11) is 1.93. The van der Waals surface area contributed by atoms with E-state index in [1.54, 1.807) is 6.33 Å². The Hall–Kier alpha value is -2.63. The molecule has 0 fully saturated rings. The van der Waals surface area contributed by atoms with E-state index in [-0.39, 0.29) is 0 Å². The molecule has 0 saturated heterocycles. The largest absolute Gasteiger partial charge is 0.381 e. The second-order valence-corrected chi connectivity index (χ2v) is 5.00. The normalized spacial score (nSPS) is 10.8. The second kappa shape index (κ2) is 5.40. The zero-order chi connectivity index (χ0) is 14.8. The van der Waals surface area contributed by atoms with Crippen molar-refractivity contribution < 1.29 is 4.52 Å². The fourth-order valence-electron chi connectivity index (χ4n) is 2.26. The summed E-state index contributed by atoms with van der Waals surface area (Å²) >= 11 is 0. The standard InChI is InChI=1S/C15H17N5O/c1-10-14(11(2)21-19-10)8-16-13-6-4-5-12(7-13)15-18-17-9-20(15)3/h4-7,9,16H,8H2,1-3H3. The van der Waals surface area contributed by atoms with E-state index in [4.69, 9.17) is 4.52 Å². The quantitative estimate of drug-likeness (QED) is 0.797. The molecule has 6 heteroatoms. The van der Waals surface area contributed by atoms with Crippen molar-refractivity contribution in [2.24, 2.45) is 7.05 Å². The molecule has 0 radical (unpaired) electrons. The predicted molar refractivity (Wildman–Crippen MR) is 79.7 cm³/mol. The number of hydrogen-bond donors (Lipinski definition) is 1. The highest BCUT2D eigenvalue weighted by atomic mass is 16.5. The van der Waals surface area contributed by atoms with Crippen LogP contribution in [0, 0.1) is 13.8 Å². The topological polar surface area (TPSA) is 68.8 Å². The second-order valence-electron chi connectivity index (χ2n) is 5.00. The number of nitrogens with one attached hydrogen (secondary N) is 1. The van der Waals surface area contributed by atoms with Gasteiger partial charge in [0.15, 0.2) is 5.82 Å². The van der Waals surface area contributed by atoms with Crippen molar-refractivity contribution in [3.05, 3.63) is 47.6 Å². The Kier molecular flexibility index (Phi) is 3.43. The summed E-state index contributed by atoms with van der Waals surface area (Å²) in [5, 5.41) is 15.4. The Balaban J connectivity index is 1.80. The third kappa shape index (κ3) is 2.65. The predicted octanol–water partition coefficient (Wildman–Crippen LogP) is 2.70. The molecule has 1 N–H and O–H groups in total. The van der Waals surface area contributed by atoms with Gasteiger partial charge in [0.1, 0.15) is 12.1 Å². The molecule has 2 heterocycles. The van der Waals surface area contributed by atoms with Gasteiger partial charge in [-0.1, -0.05) is 17.3 Å². The molecule has 2 aromatic heterocycles. The number of hydrogen-bond acceptors (Lipinski definition) is 5. The molecule has 0 unspecified atom stereocenters. The van der Waals surface area contributed by atoms with Crippen molar-refractivity contribution in [1.82, 2.24) is 19.9 Å². The molecule has 108 valence electrons. The molecule has 3 rings (SSSR count). The number of benzene rings is 1. The maximum atomic E-state index is 5.17. The van der Waals surface area contributed by atoms with Crippen LogP contribution in [0.5, 0.6) is 0 Å². The van der Waals surface area contributed by atoms with E-state index in [1.807, 2.05) is 43.7 Å². The average molecular weight is 283 g/mol. The lowest BCUT2D eigenvalue weighted by atomic mass is 10.1. The molecule has 0 atom stereocenters. The molecular weight excluding hydrogens is 266 g/mol. The third-order valence-corrected chi connectivity index (χ3v) is 3.48. The van der Waals surface area contributed by atoms with Crippen LogP contribution in [0.3, 0.4) is 0 Å². The molecule has 1 aromatic carbocycles. The van der Waals surface area contributed by atoms with Gasteiger partial charge in [0.05, 0.1) is 5.69 Å². The summed E-state index contributed by atoms with van der Waals surface area (Å²) in [6, 6.07) is 8.10. The van der Waals surface area contributed by atoms with Gasteiger partial charge in [0.2, 0.25) is 0 Å². The van der Waals surface area contributed by atoms with E-state index in [0.29, 0.717) is 6.54 Å². The van der Waals surface area contributed by atoms with E-state index in [1.165, 1.54) is 0 Å². The van der Waals surface area contributed by atoms with Crippen molar-refractivity contribution in [3.8, 4) is 11.4 Å². The van der Waals surface area contributed by atoms with Crippen LogP contribution in [0.1, 0.15) is 17.0 Å². The maximum absolute atomic E-state index is 5.17. The molecule has 21 heavy (non-hydrogen) atoms. The van der Waals surface area contributed by atoms with Crippen molar-refractivity contribution in [2.45, 2.75) is 20.4 Å². The van der Waals surface area contributed by atoms with Crippen LogP contribution in [-0.2, 0) is 13.6 Å². The number of anilines is 1. The van der Waals surface area contributed by atoms with Crippen molar-refractivity contribution in [3.63, 3.8) is 0 Å². The molecule has 0 aliphatic heterocycles. The minimum absolute atomic E-state index is 0.684. The lowest BCUT2D eigenvalue weighted by Gasteiger charge is -2.08. The minimum Gasteiger partial charge on any atom is -0.381 e. The average Bonchev–Trinajstić information content (AvgIpc) is 3.04. The van der Waals surface area contributed by atoms with Crippen LogP contribution in [0.15, 0.2) is 35.1 Å². The number of nitrogens with zero attached hydrogens (tertiary/aromatic N) is 4. The molecule has 0 saturated carbocycles. The van der Waals surface area contributed by atoms with E-state index < -0.39 is 0 Å². The van der Waals surface area contributed by atoms with Gasteiger partial charge in [-0.05, 0) is 26.0 Å². The monoisotopic (exact) mass is 283 g/mol. The van der Waals surface area contributed by atoms with Crippen LogP contribution in [-0.4, -0.2) is 19.9 Å². The van der Waals surface area contributed by atoms with Gasteiger partial charge in [-0.3, -0.25) is 0 Å². The summed E-state index contributed by atoms with van der Waals surface area (Å²) in [6.07, 6.45) is 1.69. The van der Waals surface area contributed by atoms with E-state index in [0.717, 1.165) is 34.1 Å². The first-order chi connectivity index (χ1) is 10.1. The first kappa shape index (κ1) is 13.4. The molecule has 6 nitrogen and oxygen atoms in total. The minimum atomic E-state index is 0.684. The van der Waals surface area contributed by atoms with Crippen LogP contribution < -0.4 is 5.32 Å². The van der Waals surface area contributed by atoms with Crippen LogP contribution in [0.25, 0.3) is 11.4 Å². The molecule has 0 aliphatic rings. The fourth-order valence-corrected chi connectivity index (χ4v) is 2.26. The highest BCUT2D eigenvalue weighted by molar-refractivity contribution is 5.62. The van der Waals surface area contributed by atoms with Gasteiger partial charge in [-0.2, -0.15) is 0 Å². The summed E-state index contributed by atoms with van der Waals surface area (Å²) in [5.41, 5.74) is 4.07. The van der Waals surface area contributed by atoms with Gasteiger partial charge in [-0.15, -0.1) is 10.2 Å². The van der Waals surface area contributed by atoms with Gasteiger partial charge in [0.25, 0.3) is 0 Å². The molecule has 0 spiro atoms. The highest BCUT2D eigenvalue weighted by Gasteiger charge is 2.09. The summed E-state index contributed by atoms with van der Waals surface area (Å²) < 4.78 is 7.07. The Morgan fingerprint density at radius 3 is 2.81 bits per heavy atom. The summed E-state index contributed by atoms with van der Waals surface area (Å²) in [6.45, 7) is 4.56. The molecule has 0 bridgehead atoms. The Morgan fingerprint density at radius 2 is 2.14 bits per heavy atom.